The average Bonchev–Trinajstić information content (AvgIpc) is 3.95. The van der Waals surface area contributed by atoms with E-state index >= 15 is 0 Å². The lowest BCUT2D eigenvalue weighted by atomic mass is 9.99. The quantitative estimate of drug-likeness (QED) is 0.0692. The second-order valence-electron chi connectivity index (χ2n) is 16.6. The van der Waals surface area contributed by atoms with E-state index in [9.17, 15) is 19.2 Å². The number of ketones is 4. The lowest BCUT2D eigenvalue weighted by Crippen LogP contribution is -2.26. The number of hydrogen-bond donors (Lipinski definition) is 1. The number of nitrogens with zero attached hydrogens (tertiary/aromatic N) is 3. The van der Waals surface area contributed by atoms with Crippen molar-refractivity contribution in [2.24, 2.45) is 0 Å². The predicted octanol–water partition coefficient (Wildman–Crippen LogP) is 9.91. The third kappa shape index (κ3) is 7.50. The third-order valence-electron chi connectivity index (χ3n) is 12.6. The highest BCUT2D eigenvalue weighted by Gasteiger charge is 2.27. The number of unbranched alkanes of at least 4 members (excludes halogenated alkanes) is 2. The summed E-state index contributed by atoms with van der Waals surface area (Å²) in [4.78, 5) is 53.8. The summed E-state index contributed by atoms with van der Waals surface area (Å²) in [6, 6.07) is 20.9. The van der Waals surface area contributed by atoms with Crippen LogP contribution >= 0.6 is 0 Å². The molecule has 0 radical (unpaired) electrons. The maximum Gasteiger partial charge on any atom is 0.163 e. The molecule has 2 aliphatic carbocycles. The van der Waals surface area contributed by atoms with Crippen LogP contribution < -0.4 is 5.32 Å². The summed E-state index contributed by atoms with van der Waals surface area (Å²) in [7, 11) is 0. The van der Waals surface area contributed by atoms with Gasteiger partial charge in [-0.1, -0.05) is 20.8 Å². The molecule has 0 aliphatic heterocycles. The first-order valence-electron chi connectivity index (χ1n) is 21.4. The van der Waals surface area contributed by atoms with Gasteiger partial charge in [0.25, 0.3) is 0 Å². The number of rotatable bonds is 18. The van der Waals surface area contributed by atoms with E-state index in [0.717, 1.165) is 150 Å². The number of hydrogen-bond acceptors (Lipinski definition) is 6. The number of fused-ring (bicyclic) bond motifs is 10. The molecule has 6 aromatic rings. The van der Waals surface area contributed by atoms with Crippen LogP contribution in [0.1, 0.15) is 132 Å². The van der Waals surface area contributed by atoms with Crippen LogP contribution in [0, 0.1) is 0 Å². The number of nitrogens with one attached hydrogen (secondary N) is 1. The Hall–Kier alpha value is -4.92. The van der Waals surface area contributed by atoms with Crippen LogP contribution in [0.5, 0.6) is 0 Å². The lowest BCUT2D eigenvalue weighted by molar-refractivity contribution is 0.0970. The number of carbonyl (C=O) groups excluding carboxylic acids is 4. The van der Waals surface area contributed by atoms with E-state index in [2.05, 4.69) is 70.5 Å². The number of aromatic nitrogens is 2. The van der Waals surface area contributed by atoms with Gasteiger partial charge in [0, 0.05) is 104 Å². The fourth-order valence-corrected chi connectivity index (χ4v) is 9.61. The van der Waals surface area contributed by atoms with E-state index in [4.69, 9.17) is 0 Å². The Morgan fingerprint density at radius 2 is 1.19 bits per heavy atom. The zero-order valence-electron chi connectivity index (χ0n) is 34.1. The maximum absolute atomic E-state index is 13.7. The molecule has 8 rings (SSSR count). The Morgan fingerprint density at radius 1 is 0.667 bits per heavy atom. The van der Waals surface area contributed by atoms with Gasteiger partial charge in [0.2, 0.25) is 0 Å². The lowest BCUT2D eigenvalue weighted by Gasteiger charge is -2.20. The number of carbonyl (C=O) groups is 4. The Kier molecular flexibility index (Phi) is 11.3. The summed E-state index contributed by atoms with van der Waals surface area (Å²) in [6.45, 7) is 13.7. The first-order valence-corrected chi connectivity index (χ1v) is 21.4. The Morgan fingerprint density at radius 3 is 1.75 bits per heavy atom. The molecular weight excluding hydrogens is 709 g/mol. The largest absolute Gasteiger partial charge is 0.340 e. The predicted molar refractivity (Wildman–Crippen MR) is 231 cm³/mol. The van der Waals surface area contributed by atoms with Crippen molar-refractivity contribution in [1.29, 1.82) is 0 Å². The molecule has 0 atom stereocenters. The highest BCUT2D eigenvalue weighted by atomic mass is 16.1. The molecule has 2 aliphatic rings. The van der Waals surface area contributed by atoms with E-state index in [1.54, 1.807) is 6.92 Å². The minimum Gasteiger partial charge on any atom is -0.340 e. The monoisotopic (exact) mass is 764 g/mol. The first kappa shape index (κ1) is 38.9. The molecule has 0 amide bonds. The summed E-state index contributed by atoms with van der Waals surface area (Å²) in [5, 5.41) is 7.97. The average molecular weight is 765 g/mol. The van der Waals surface area contributed by atoms with Crippen LogP contribution in [0.3, 0.4) is 0 Å². The molecular formula is C49H56N4O4. The topological polar surface area (TPSA) is 93.4 Å². The van der Waals surface area contributed by atoms with Crippen molar-refractivity contribution in [1.82, 2.24) is 19.4 Å². The number of benzene rings is 4. The highest BCUT2D eigenvalue weighted by molar-refractivity contribution is 6.17. The minimum atomic E-state index is 0.0469. The van der Waals surface area contributed by atoms with Crippen molar-refractivity contribution in [2.45, 2.75) is 111 Å². The summed E-state index contributed by atoms with van der Waals surface area (Å²) in [6.07, 6.45) is 8.09. The molecule has 0 fully saturated rings. The van der Waals surface area contributed by atoms with E-state index < -0.39 is 0 Å². The minimum absolute atomic E-state index is 0.0469. The standard InChI is InChI=1S/C49H56N4O4/c1-5-51(25-8-9-28-53-41-18-12-33(32(4)54)29-39(41)48-37-16-22-46(56)35(37)14-20-43(48)53)26-10-11-45(55)34-13-19-42-40(30-34)49-38-17-23-47(57)36(38)15-21-44(49)52(42)27-7-6-24-50-31(2)3/h12-15,18-21,29-31,50H,5-11,16-17,22-28H2,1-4H3. The van der Waals surface area contributed by atoms with Crippen LogP contribution in [0.4, 0.5) is 0 Å². The summed E-state index contributed by atoms with van der Waals surface area (Å²) < 4.78 is 4.77. The zero-order valence-corrected chi connectivity index (χ0v) is 34.1. The molecule has 2 heterocycles. The van der Waals surface area contributed by atoms with Crippen molar-refractivity contribution >= 4 is 66.7 Å². The van der Waals surface area contributed by atoms with Crippen molar-refractivity contribution in [3.05, 3.63) is 94.0 Å². The summed E-state index contributed by atoms with van der Waals surface area (Å²) >= 11 is 0. The molecule has 0 unspecified atom stereocenters. The third-order valence-corrected chi connectivity index (χ3v) is 12.6. The van der Waals surface area contributed by atoms with Gasteiger partial charge in [0.05, 0.1) is 0 Å². The van der Waals surface area contributed by atoms with Gasteiger partial charge in [-0.25, -0.2) is 0 Å². The molecule has 0 saturated heterocycles. The van der Waals surface area contributed by atoms with Gasteiger partial charge in [0.15, 0.2) is 23.1 Å². The van der Waals surface area contributed by atoms with Crippen LogP contribution in [0.15, 0.2) is 60.7 Å². The van der Waals surface area contributed by atoms with Crippen LogP contribution in [-0.4, -0.2) is 69.4 Å². The first-order chi connectivity index (χ1) is 27.6. The van der Waals surface area contributed by atoms with E-state index in [-0.39, 0.29) is 23.1 Å². The summed E-state index contributed by atoms with van der Waals surface area (Å²) in [5.41, 5.74) is 9.96. The van der Waals surface area contributed by atoms with E-state index in [1.165, 1.54) is 5.52 Å². The van der Waals surface area contributed by atoms with Crippen molar-refractivity contribution in [3.63, 3.8) is 0 Å². The molecule has 4 aromatic carbocycles. The highest BCUT2D eigenvalue weighted by Crippen LogP contribution is 2.39. The fraction of sp³-hybridized carbons (Fsp3) is 0.429. The van der Waals surface area contributed by atoms with Gasteiger partial charge in [-0.3, -0.25) is 19.2 Å². The normalized spacial score (nSPS) is 14.1. The number of Topliss-reactive ketones (excluding diaryl/α,β-unsaturated/α-hetero) is 4. The van der Waals surface area contributed by atoms with E-state index in [0.29, 0.717) is 30.9 Å². The second kappa shape index (κ2) is 16.5. The van der Waals surface area contributed by atoms with E-state index in [1.807, 2.05) is 30.3 Å². The van der Waals surface area contributed by atoms with Gasteiger partial charge in [-0.2, -0.15) is 0 Å². The summed E-state index contributed by atoms with van der Waals surface area (Å²) in [5.74, 6) is 0.646. The van der Waals surface area contributed by atoms with Gasteiger partial charge < -0.3 is 19.4 Å². The molecule has 57 heavy (non-hydrogen) atoms. The molecule has 296 valence electrons. The van der Waals surface area contributed by atoms with Crippen LogP contribution in [-0.2, 0) is 25.9 Å². The molecule has 8 nitrogen and oxygen atoms in total. The van der Waals surface area contributed by atoms with Crippen LogP contribution in [0.2, 0.25) is 0 Å². The zero-order chi connectivity index (χ0) is 39.8. The molecule has 0 spiro atoms. The van der Waals surface area contributed by atoms with Gasteiger partial charge in [-0.15, -0.1) is 0 Å². The van der Waals surface area contributed by atoms with Crippen molar-refractivity contribution < 1.29 is 19.2 Å². The Bertz CT molecular complexity index is 2550. The van der Waals surface area contributed by atoms with Gasteiger partial charge >= 0.3 is 0 Å². The SMILES string of the molecule is CCN(CCCCn1c2ccc(C(C)=O)cc2c2c3c(ccc21)C(=O)CC3)CCCC(=O)c1ccc2c(c1)c1c3c(ccc1n2CCCCNC(C)C)C(=O)CC3. The fourth-order valence-electron chi connectivity index (χ4n) is 9.61. The molecule has 0 bridgehead atoms. The molecule has 2 aromatic heterocycles. The number of aryl methyl sites for hydroxylation is 4. The van der Waals surface area contributed by atoms with Gasteiger partial charge in [0.1, 0.15) is 0 Å². The Labute approximate surface area is 335 Å². The van der Waals surface area contributed by atoms with Crippen LogP contribution in [0.25, 0.3) is 43.6 Å². The molecule has 8 heteroatoms. The Balaban J connectivity index is 0.915. The second-order valence-corrected chi connectivity index (χ2v) is 16.6. The van der Waals surface area contributed by atoms with Crippen molar-refractivity contribution in [3.8, 4) is 0 Å². The molecule has 1 N–H and O–H groups in total. The molecule has 0 saturated carbocycles. The van der Waals surface area contributed by atoms with Gasteiger partial charge in [-0.05, 0) is 150 Å². The smallest absolute Gasteiger partial charge is 0.163 e. The van der Waals surface area contributed by atoms with Crippen molar-refractivity contribution in [2.75, 3.05) is 26.2 Å². The maximum atomic E-state index is 13.7.